The molecule has 3 aromatic heterocycles. The molecule has 3 heterocycles. The van der Waals surface area contributed by atoms with Crippen molar-refractivity contribution in [2.45, 2.75) is 20.8 Å². The summed E-state index contributed by atoms with van der Waals surface area (Å²) < 4.78 is 1.81. The molecule has 4 heteroatoms. The normalized spacial score (nSPS) is 11.1. The van der Waals surface area contributed by atoms with Crippen LogP contribution in [0.1, 0.15) is 17.0 Å². The number of fused-ring (bicyclic) bond motifs is 1. The Bertz CT molecular complexity index is 713. The second-order valence-electron chi connectivity index (χ2n) is 4.46. The molecule has 0 N–H and O–H groups in total. The highest BCUT2D eigenvalue weighted by Gasteiger charge is 2.13. The van der Waals surface area contributed by atoms with E-state index in [0.717, 1.165) is 28.2 Å². The van der Waals surface area contributed by atoms with Gasteiger partial charge in [-0.3, -0.25) is 0 Å². The number of hydrogen-bond donors (Lipinski definition) is 0. The molecule has 0 aliphatic heterocycles. The van der Waals surface area contributed by atoms with Gasteiger partial charge in [0.25, 0.3) is 0 Å². The lowest BCUT2D eigenvalue weighted by Crippen LogP contribution is -2.00. The van der Waals surface area contributed by atoms with E-state index in [0.29, 0.717) is 0 Å². The lowest BCUT2D eigenvalue weighted by Gasteiger charge is -2.03. The van der Waals surface area contributed by atoms with Crippen LogP contribution < -0.4 is 0 Å². The van der Waals surface area contributed by atoms with Crippen molar-refractivity contribution in [3.05, 3.63) is 47.4 Å². The first-order chi connectivity index (χ1) is 8.66. The van der Waals surface area contributed by atoms with Gasteiger partial charge in [0.05, 0.1) is 5.69 Å². The maximum absolute atomic E-state index is 4.59. The van der Waals surface area contributed by atoms with Crippen molar-refractivity contribution >= 4 is 11.0 Å². The molecule has 90 valence electrons. The molecule has 0 saturated carbocycles. The predicted octanol–water partition coefficient (Wildman–Crippen LogP) is 2.74. The molecule has 0 amide bonds. The highest BCUT2D eigenvalue weighted by atomic mass is 15.3. The third kappa shape index (κ3) is 1.57. The number of pyridine rings is 2. The molecule has 0 aliphatic rings. The Hall–Kier alpha value is -2.23. The van der Waals surface area contributed by atoms with E-state index >= 15 is 0 Å². The number of nitrogens with zero attached hydrogens (tertiary/aromatic N) is 4. The van der Waals surface area contributed by atoms with Gasteiger partial charge in [-0.15, -0.1) is 0 Å². The average Bonchev–Trinajstić information content (AvgIpc) is 2.67. The minimum absolute atomic E-state index is 0.799. The lowest BCUT2D eigenvalue weighted by atomic mass is 10.1. The van der Waals surface area contributed by atoms with Crippen molar-refractivity contribution in [2.75, 3.05) is 0 Å². The van der Waals surface area contributed by atoms with Gasteiger partial charge in [-0.2, -0.15) is 9.78 Å². The third-order valence-electron chi connectivity index (χ3n) is 3.00. The Kier molecular flexibility index (Phi) is 2.37. The second kappa shape index (κ2) is 3.91. The Morgan fingerprint density at radius 3 is 2.67 bits per heavy atom. The second-order valence-corrected chi connectivity index (χ2v) is 4.46. The van der Waals surface area contributed by atoms with Gasteiger partial charge in [0.2, 0.25) is 0 Å². The highest BCUT2D eigenvalue weighted by Crippen LogP contribution is 2.23. The minimum Gasteiger partial charge on any atom is -0.237 e. The lowest BCUT2D eigenvalue weighted by molar-refractivity contribution is 0.845. The van der Waals surface area contributed by atoms with Crippen molar-refractivity contribution in [2.24, 2.45) is 0 Å². The molecular weight excluding hydrogens is 224 g/mol. The van der Waals surface area contributed by atoms with Gasteiger partial charge >= 0.3 is 0 Å². The molecule has 3 aromatic rings. The van der Waals surface area contributed by atoms with Gasteiger partial charge in [0, 0.05) is 17.3 Å². The van der Waals surface area contributed by atoms with E-state index in [4.69, 9.17) is 0 Å². The van der Waals surface area contributed by atoms with Crippen LogP contribution in [0, 0.1) is 20.8 Å². The van der Waals surface area contributed by atoms with Crippen LogP contribution in [0.3, 0.4) is 0 Å². The molecule has 0 fully saturated rings. The predicted molar refractivity (Wildman–Crippen MR) is 70.9 cm³/mol. The molecule has 18 heavy (non-hydrogen) atoms. The van der Waals surface area contributed by atoms with Crippen LogP contribution in [0.2, 0.25) is 0 Å². The fourth-order valence-electron chi connectivity index (χ4n) is 2.30. The van der Waals surface area contributed by atoms with E-state index in [1.54, 1.807) is 6.20 Å². The summed E-state index contributed by atoms with van der Waals surface area (Å²) in [7, 11) is 0. The zero-order valence-corrected chi connectivity index (χ0v) is 10.7. The molecule has 0 spiro atoms. The van der Waals surface area contributed by atoms with E-state index in [9.17, 15) is 0 Å². The number of hydrogen-bond acceptors (Lipinski definition) is 3. The largest absolute Gasteiger partial charge is 0.237 e. The minimum atomic E-state index is 0.799. The van der Waals surface area contributed by atoms with Gasteiger partial charge in [-0.1, -0.05) is 6.07 Å². The van der Waals surface area contributed by atoms with Crippen LogP contribution >= 0.6 is 0 Å². The third-order valence-corrected chi connectivity index (χ3v) is 3.00. The molecule has 3 rings (SSSR count). The van der Waals surface area contributed by atoms with Crippen molar-refractivity contribution in [1.29, 1.82) is 0 Å². The quantitative estimate of drug-likeness (QED) is 0.654. The molecule has 0 radical (unpaired) electrons. The Labute approximate surface area is 105 Å². The summed E-state index contributed by atoms with van der Waals surface area (Å²) in [5.41, 5.74) is 4.07. The topological polar surface area (TPSA) is 43.6 Å². The number of aryl methyl sites for hydroxylation is 3. The standard InChI is InChI=1S/C14H14N4/c1-9-8-10(2)16-14-13(9)11(3)17-18(14)12-6-4-5-7-15-12/h4-8H,1-3H3. The first-order valence-electron chi connectivity index (χ1n) is 5.92. The van der Waals surface area contributed by atoms with E-state index in [-0.39, 0.29) is 0 Å². The van der Waals surface area contributed by atoms with Gasteiger partial charge in [-0.05, 0) is 44.5 Å². The smallest absolute Gasteiger partial charge is 0.165 e. The fraction of sp³-hybridized carbons (Fsp3) is 0.214. The first-order valence-corrected chi connectivity index (χ1v) is 5.92. The summed E-state index contributed by atoms with van der Waals surface area (Å²) in [6.45, 7) is 6.10. The maximum Gasteiger partial charge on any atom is 0.165 e. The van der Waals surface area contributed by atoms with Crippen molar-refractivity contribution < 1.29 is 0 Å². The Morgan fingerprint density at radius 2 is 1.94 bits per heavy atom. The number of aromatic nitrogens is 4. The molecule has 0 bridgehead atoms. The van der Waals surface area contributed by atoms with Gasteiger partial charge in [0.15, 0.2) is 11.5 Å². The zero-order valence-electron chi connectivity index (χ0n) is 10.7. The summed E-state index contributed by atoms with van der Waals surface area (Å²) in [5.74, 6) is 0.799. The van der Waals surface area contributed by atoms with Crippen LogP contribution in [-0.2, 0) is 0 Å². The molecule has 0 unspecified atom stereocenters. The summed E-state index contributed by atoms with van der Waals surface area (Å²) in [6, 6.07) is 7.87. The van der Waals surface area contributed by atoms with Crippen LogP contribution in [-0.4, -0.2) is 19.7 Å². The van der Waals surface area contributed by atoms with Crippen molar-refractivity contribution in [1.82, 2.24) is 19.7 Å². The van der Waals surface area contributed by atoms with Crippen molar-refractivity contribution in [3.63, 3.8) is 0 Å². The summed E-state index contributed by atoms with van der Waals surface area (Å²) >= 11 is 0. The average molecular weight is 238 g/mol. The van der Waals surface area contributed by atoms with Crippen LogP contribution in [0.5, 0.6) is 0 Å². The Morgan fingerprint density at radius 1 is 1.11 bits per heavy atom. The Balaban J connectivity index is 2.38. The van der Waals surface area contributed by atoms with E-state index < -0.39 is 0 Å². The molecule has 0 saturated heterocycles. The zero-order chi connectivity index (χ0) is 12.7. The van der Waals surface area contributed by atoms with E-state index in [1.165, 1.54) is 5.56 Å². The van der Waals surface area contributed by atoms with Crippen LogP contribution in [0.4, 0.5) is 0 Å². The molecule has 0 aliphatic carbocycles. The SMILES string of the molecule is Cc1cc(C)c2c(C)nn(-c3ccccn3)c2n1. The monoisotopic (exact) mass is 238 g/mol. The maximum atomic E-state index is 4.59. The summed E-state index contributed by atoms with van der Waals surface area (Å²) in [6.07, 6.45) is 1.76. The molecular formula is C14H14N4. The fourth-order valence-corrected chi connectivity index (χ4v) is 2.30. The van der Waals surface area contributed by atoms with E-state index in [1.807, 2.05) is 36.7 Å². The van der Waals surface area contributed by atoms with Gasteiger partial charge in [0.1, 0.15) is 0 Å². The van der Waals surface area contributed by atoms with Crippen LogP contribution in [0.15, 0.2) is 30.5 Å². The molecule has 0 aromatic carbocycles. The highest BCUT2D eigenvalue weighted by molar-refractivity contribution is 5.83. The summed E-state index contributed by atoms with van der Waals surface area (Å²) in [4.78, 5) is 8.93. The molecule has 0 atom stereocenters. The van der Waals surface area contributed by atoms with Crippen molar-refractivity contribution in [3.8, 4) is 5.82 Å². The van der Waals surface area contributed by atoms with E-state index in [2.05, 4.69) is 28.1 Å². The first kappa shape index (κ1) is 10.9. The molecule has 4 nitrogen and oxygen atoms in total. The van der Waals surface area contributed by atoms with Gasteiger partial charge in [-0.25, -0.2) is 9.97 Å². The van der Waals surface area contributed by atoms with Gasteiger partial charge < -0.3 is 0 Å². The summed E-state index contributed by atoms with van der Waals surface area (Å²) in [5, 5.41) is 5.67. The number of rotatable bonds is 1. The van der Waals surface area contributed by atoms with Crippen LogP contribution in [0.25, 0.3) is 16.9 Å².